The summed E-state index contributed by atoms with van der Waals surface area (Å²) in [4.78, 5) is 11.1. The molecule has 0 fully saturated rings. The summed E-state index contributed by atoms with van der Waals surface area (Å²) in [5.74, 6) is -0.506. The van der Waals surface area contributed by atoms with E-state index in [0.29, 0.717) is 4.48 Å². The molecule has 1 aromatic rings. The molecule has 0 aliphatic carbocycles. The second-order valence-electron chi connectivity index (χ2n) is 2.53. The van der Waals surface area contributed by atoms with Gasteiger partial charge >= 0.3 is 13.4 Å². The zero-order chi connectivity index (χ0) is 10.6. The highest BCUT2D eigenvalue weighted by molar-refractivity contribution is 6.31. The number of nitrogens with zero attached hydrogens (tertiary/aromatic N) is 1. The minimum Gasteiger partial charge on any atom is -0.462 e. The predicted octanol–water partition coefficient (Wildman–Crippen LogP) is 0.923. The molecule has 0 aliphatic heterocycles. The van der Waals surface area contributed by atoms with E-state index in [4.69, 9.17) is 4.74 Å². The first-order valence-electron chi connectivity index (χ1n) is 4.11. The Morgan fingerprint density at radius 3 is 2.50 bits per heavy atom. The fraction of sp³-hybridized carbons (Fsp3) is 0.250. The van der Waals surface area contributed by atoms with Crippen LogP contribution in [-0.4, -0.2) is 20.0 Å². The van der Waals surface area contributed by atoms with Crippen LogP contribution in [0, 0.1) is 0 Å². The Morgan fingerprint density at radius 1 is 1.50 bits per heavy atom. The normalized spacial score (nSPS) is 9.64. The van der Waals surface area contributed by atoms with Crippen molar-refractivity contribution in [1.82, 2.24) is 0 Å². The summed E-state index contributed by atoms with van der Waals surface area (Å²) < 4.78 is 29.6. The van der Waals surface area contributed by atoms with Gasteiger partial charge in [0.1, 0.15) is 12.4 Å². The van der Waals surface area contributed by atoms with Gasteiger partial charge in [0.05, 0.1) is 12.2 Å². The van der Waals surface area contributed by atoms with Crippen LogP contribution in [0.25, 0.3) is 0 Å². The number of rotatable bonds is 3. The highest BCUT2D eigenvalue weighted by Crippen LogP contribution is 1.98. The first kappa shape index (κ1) is 10.6. The number of esters is 1. The number of ether oxygens (including phenoxy) is 1. The molecule has 0 aliphatic rings. The van der Waals surface area contributed by atoms with Crippen LogP contribution in [0.4, 0.5) is 8.63 Å². The predicted molar refractivity (Wildman–Crippen MR) is 46.0 cm³/mol. The Bertz CT molecular complexity index is 316. The minimum absolute atomic E-state index is 0.266. The average molecular weight is 200 g/mol. The molecule has 3 nitrogen and oxygen atoms in total. The van der Waals surface area contributed by atoms with Crippen molar-refractivity contribution < 1.29 is 22.6 Å². The lowest BCUT2D eigenvalue weighted by molar-refractivity contribution is -0.554. The standard InChI is InChI=1S/C8H9BF2NO2/c1-2-14-8(13)7-3-5-12(6-4-7)9(10)11/h3-6H,2H2,1H3/q+1. The number of carbonyl (C=O) groups is 1. The van der Waals surface area contributed by atoms with Crippen LogP contribution in [0.15, 0.2) is 24.5 Å². The molecule has 74 valence electrons. The van der Waals surface area contributed by atoms with Crippen molar-refractivity contribution in [3.63, 3.8) is 0 Å². The van der Waals surface area contributed by atoms with E-state index in [1.54, 1.807) is 6.92 Å². The number of hydrogen-bond donors (Lipinski definition) is 0. The SMILES string of the molecule is CCOC(=O)c1cc[n+](B(F)F)cc1. The Balaban J connectivity index is 2.78. The largest absolute Gasteiger partial charge is 0.934 e. The van der Waals surface area contributed by atoms with Crippen molar-refractivity contribution in [1.29, 1.82) is 0 Å². The number of hydrogen-bond acceptors (Lipinski definition) is 2. The van der Waals surface area contributed by atoms with Gasteiger partial charge in [0.15, 0.2) is 0 Å². The third-order valence-electron chi connectivity index (χ3n) is 1.59. The molecule has 0 aromatic carbocycles. The van der Waals surface area contributed by atoms with E-state index >= 15 is 0 Å². The monoisotopic (exact) mass is 200 g/mol. The topological polar surface area (TPSA) is 30.2 Å². The van der Waals surface area contributed by atoms with E-state index in [0.717, 1.165) is 12.4 Å². The smallest absolute Gasteiger partial charge is 0.462 e. The molecule has 0 spiro atoms. The molecule has 0 N–H and O–H groups in total. The summed E-state index contributed by atoms with van der Waals surface area (Å²) in [5, 5.41) is 0. The lowest BCUT2D eigenvalue weighted by Crippen LogP contribution is -2.44. The first-order valence-corrected chi connectivity index (χ1v) is 4.11. The average Bonchev–Trinajstić information content (AvgIpc) is 2.18. The van der Waals surface area contributed by atoms with Gasteiger partial charge in [-0.3, -0.25) is 0 Å². The fourth-order valence-corrected chi connectivity index (χ4v) is 0.919. The number of pyridine rings is 1. The summed E-state index contributed by atoms with van der Waals surface area (Å²) in [6, 6.07) is 2.59. The summed E-state index contributed by atoms with van der Waals surface area (Å²) >= 11 is 0. The molecule has 1 heterocycles. The summed E-state index contributed by atoms with van der Waals surface area (Å²) in [7, 11) is -2.59. The molecular formula is C8H9BF2NO2+. The third-order valence-corrected chi connectivity index (χ3v) is 1.59. The molecule has 0 saturated heterocycles. The maximum atomic E-state index is 12.1. The molecule has 0 amide bonds. The second-order valence-corrected chi connectivity index (χ2v) is 2.53. The van der Waals surface area contributed by atoms with Crippen molar-refractivity contribution in [2.45, 2.75) is 6.92 Å². The quantitative estimate of drug-likeness (QED) is 0.536. The van der Waals surface area contributed by atoms with Crippen LogP contribution in [0.5, 0.6) is 0 Å². The molecule has 14 heavy (non-hydrogen) atoms. The van der Waals surface area contributed by atoms with Gasteiger partial charge in [0.25, 0.3) is 0 Å². The number of halogens is 2. The Morgan fingerprint density at radius 2 is 2.07 bits per heavy atom. The van der Waals surface area contributed by atoms with Gasteiger partial charge in [-0.25, -0.2) is 17.9 Å². The van der Waals surface area contributed by atoms with E-state index in [1.165, 1.54) is 12.1 Å². The van der Waals surface area contributed by atoms with Crippen LogP contribution in [0.2, 0.25) is 0 Å². The molecule has 0 bridgehead atoms. The van der Waals surface area contributed by atoms with Crippen LogP contribution >= 0.6 is 0 Å². The molecule has 0 atom stereocenters. The first-order chi connectivity index (χ1) is 6.65. The maximum Gasteiger partial charge on any atom is 0.934 e. The van der Waals surface area contributed by atoms with Crippen molar-refractivity contribution in [3.05, 3.63) is 30.1 Å². The van der Waals surface area contributed by atoms with Crippen molar-refractivity contribution in [2.75, 3.05) is 6.61 Å². The lowest BCUT2D eigenvalue weighted by Gasteiger charge is -1.99. The molecule has 6 heteroatoms. The molecule has 0 saturated carbocycles. The maximum absolute atomic E-state index is 12.1. The Hall–Kier alpha value is -1.46. The van der Waals surface area contributed by atoms with E-state index < -0.39 is 13.4 Å². The van der Waals surface area contributed by atoms with Gasteiger partial charge in [-0.15, -0.1) is 0 Å². The van der Waals surface area contributed by atoms with Gasteiger partial charge in [-0.2, -0.15) is 0 Å². The Kier molecular flexibility index (Phi) is 3.56. The zero-order valence-corrected chi connectivity index (χ0v) is 7.61. The van der Waals surface area contributed by atoms with Gasteiger partial charge in [-0.05, 0) is 6.92 Å². The highest BCUT2D eigenvalue weighted by Gasteiger charge is 2.31. The van der Waals surface area contributed by atoms with Crippen molar-refractivity contribution in [2.24, 2.45) is 0 Å². The van der Waals surface area contributed by atoms with Crippen LogP contribution < -0.4 is 4.48 Å². The number of aromatic nitrogens is 1. The van der Waals surface area contributed by atoms with Gasteiger partial charge in [-0.1, -0.05) is 0 Å². The summed E-state index contributed by atoms with van der Waals surface area (Å²) in [6.45, 7) is 1.95. The highest BCUT2D eigenvalue weighted by atomic mass is 19.2. The molecule has 0 radical (unpaired) electrons. The lowest BCUT2D eigenvalue weighted by atomic mass is 10.2. The van der Waals surface area contributed by atoms with E-state index in [-0.39, 0.29) is 12.2 Å². The fourth-order valence-electron chi connectivity index (χ4n) is 0.919. The third kappa shape index (κ3) is 2.51. The molecule has 0 unspecified atom stereocenters. The van der Waals surface area contributed by atoms with Crippen LogP contribution in [0.1, 0.15) is 17.3 Å². The number of carbonyl (C=O) groups excluding carboxylic acids is 1. The summed E-state index contributed by atoms with van der Waals surface area (Å²) in [5.41, 5.74) is 0.267. The van der Waals surface area contributed by atoms with Crippen LogP contribution in [0.3, 0.4) is 0 Å². The van der Waals surface area contributed by atoms with E-state index in [2.05, 4.69) is 0 Å². The van der Waals surface area contributed by atoms with Gasteiger partial charge < -0.3 is 4.74 Å². The van der Waals surface area contributed by atoms with Gasteiger partial charge in [0.2, 0.25) is 0 Å². The second kappa shape index (κ2) is 4.69. The van der Waals surface area contributed by atoms with Crippen molar-refractivity contribution in [3.8, 4) is 0 Å². The van der Waals surface area contributed by atoms with Crippen LogP contribution in [-0.2, 0) is 4.74 Å². The molecular weight excluding hydrogens is 191 g/mol. The van der Waals surface area contributed by atoms with E-state index in [1.807, 2.05) is 0 Å². The summed E-state index contributed by atoms with van der Waals surface area (Å²) in [6.07, 6.45) is 2.27. The minimum atomic E-state index is -2.59. The Labute approximate surface area is 80.5 Å². The zero-order valence-electron chi connectivity index (χ0n) is 7.61. The molecule has 1 rings (SSSR count). The van der Waals surface area contributed by atoms with E-state index in [9.17, 15) is 13.4 Å². The molecule has 1 aromatic heterocycles. The van der Waals surface area contributed by atoms with Gasteiger partial charge in [0, 0.05) is 12.1 Å². The van der Waals surface area contributed by atoms with Crippen molar-refractivity contribution >= 4 is 13.4 Å².